The number of amides is 2. The number of aliphatic carboxylic acids is 1. The van der Waals surface area contributed by atoms with Crippen LogP contribution in [0, 0.1) is 0 Å². The summed E-state index contributed by atoms with van der Waals surface area (Å²) in [5.74, 6) is -0.419. The Morgan fingerprint density at radius 1 is 0.947 bits per heavy atom. The van der Waals surface area contributed by atoms with Crippen molar-refractivity contribution in [1.82, 2.24) is 4.90 Å². The zero-order valence-electron chi connectivity index (χ0n) is 20.7. The molecule has 0 aromatic heterocycles. The molecule has 2 amide bonds. The van der Waals surface area contributed by atoms with E-state index in [4.69, 9.17) is 9.47 Å². The van der Waals surface area contributed by atoms with Gasteiger partial charge in [0.15, 0.2) is 5.75 Å². The minimum Gasteiger partial charge on any atom is -0.496 e. The highest BCUT2D eigenvalue weighted by Crippen LogP contribution is 2.41. The Kier molecular flexibility index (Phi) is 9.06. The van der Waals surface area contributed by atoms with E-state index in [1.165, 1.54) is 12.0 Å². The van der Waals surface area contributed by atoms with Crippen molar-refractivity contribution in [3.05, 3.63) is 80.7 Å². The molecule has 3 aromatic rings. The van der Waals surface area contributed by atoms with Crippen LogP contribution in [0.15, 0.2) is 69.6 Å². The van der Waals surface area contributed by atoms with Gasteiger partial charge in [-0.25, -0.2) is 0 Å². The summed E-state index contributed by atoms with van der Waals surface area (Å²) in [4.78, 5) is 40.9. The number of hydrogen-bond donors (Lipinski definition) is 1. The second-order valence-corrected chi connectivity index (χ2v) is 10.4. The maximum absolute atomic E-state index is 13.2. The van der Waals surface area contributed by atoms with Crippen LogP contribution in [0.3, 0.4) is 0 Å². The van der Waals surface area contributed by atoms with Crippen molar-refractivity contribution < 1.29 is 29.0 Å². The predicted octanol–water partition coefficient (Wildman–Crippen LogP) is 6.37. The summed E-state index contributed by atoms with van der Waals surface area (Å²) in [5.41, 5.74) is 1.14. The van der Waals surface area contributed by atoms with Gasteiger partial charge in [-0.3, -0.25) is 19.3 Å². The quantitative estimate of drug-likeness (QED) is 0.306. The SMILES string of the molecule is COc1ccc(Oc2c(Br)cc(N(CC(=O)O)C(=O)c3ccccc3)cc2Br)cc1C(=O)N1CCCCC1. The number of hydrogen-bond acceptors (Lipinski definition) is 5. The second kappa shape index (κ2) is 12.4. The highest BCUT2D eigenvalue weighted by atomic mass is 79.9. The Morgan fingerprint density at radius 3 is 2.21 bits per heavy atom. The number of rotatable bonds is 8. The summed E-state index contributed by atoms with van der Waals surface area (Å²) >= 11 is 6.99. The van der Waals surface area contributed by atoms with Gasteiger partial charge < -0.3 is 19.5 Å². The first-order valence-corrected chi connectivity index (χ1v) is 13.6. The molecule has 0 spiro atoms. The Hall–Kier alpha value is -3.37. The largest absolute Gasteiger partial charge is 0.496 e. The van der Waals surface area contributed by atoms with E-state index in [0.29, 0.717) is 56.1 Å². The van der Waals surface area contributed by atoms with E-state index in [-0.39, 0.29) is 5.91 Å². The number of likely N-dealkylation sites (tertiary alicyclic amines) is 1. The monoisotopic (exact) mass is 644 g/mol. The summed E-state index contributed by atoms with van der Waals surface area (Å²) in [6, 6.07) is 16.8. The van der Waals surface area contributed by atoms with Crippen LogP contribution in [0.1, 0.15) is 40.0 Å². The maximum Gasteiger partial charge on any atom is 0.323 e. The van der Waals surface area contributed by atoms with Gasteiger partial charge in [0.25, 0.3) is 11.8 Å². The smallest absolute Gasteiger partial charge is 0.323 e. The molecule has 0 aliphatic carbocycles. The van der Waals surface area contributed by atoms with Crippen LogP contribution in [-0.2, 0) is 4.79 Å². The zero-order valence-corrected chi connectivity index (χ0v) is 23.8. The summed E-state index contributed by atoms with van der Waals surface area (Å²) in [5, 5.41) is 9.45. The normalized spacial score (nSPS) is 13.1. The Balaban J connectivity index is 1.63. The van der Waals surface area contributed by atoms with E-state index in [0.717, 1.165) is 19.3 Å². The van der Waals surface area contributed by atoms with Crippen molar-refractivity contribution in [1.29, 1.82) is 0 Å². The summed E-state index contributed by atoms with van der Waals surface area (Å²) in [6.07, 6.45) is 3.06. The Bertz CT molecular complexity index is 1320. The average Bonchev–Trinajstić information content (AvgIpc) is 2.93. The molecular weight excluding hydrogens is 620 g/mol. The van der Waals surface area contributed by atoms with Crippen molar-refractivity contribution in [2.24, 2.45) is 0 Å². The van der Waals surface area contributed by atoms with Crippen LogP contribution in [-0.4, -0.2) is 54.5 Å². The van der Waals surface area contributed by atoms with Crippen LogP contribution in [0.25, 0.3) is 0 Å². The number of anilines is 1. The maximum atomic E-state index is 13.2. The van der Waals surface area contributed by atoms with Gasteiger partial charge in [0.2, 0.25) is 0 Å². The zero-order chi connectivity index (χ0) is 27.2. The molecule has 8 nitrogen and oxygen atoms in total. The highest BCUT2D eigenvalue weighted by Gasteiger charge is 2.25. The topological polar surface area (TPSA) is 96.4 Å². The third kappa shape index (κ3) is 6.36. The average molecular weight is 646 g/mol. The second-order valence-electron chi connectivity index (χ2n) is 8.71. The third-order valence-electron chi connectivity index (χ3n) is 6.12. The lowest BCUT2D eigenvalue weighted by Crippen LogP contribution is -2.35. The molecule has 4 rings (SSSR count). The molecule has 1 saturated heterocycles. The lowest BCUT2D eigenvalue weighted by Gasteiger charge is -2.27. The van der Waals surface area contributed by atoms with Crippen molar-refractivity contribution in [2.75, 3.05) is 31.6 Å². The van der Waals surface area contributed by atoms with Gasteiger partial charge >= 0.3 is 5.97 Å². The van der Waals surface area contributed by atoms with Gasteiger partial charge in [-0.1, -0.05) is 18.2 Å². The molecule has 0 atom stereocenters. The fourth-order valence-electron chi connectivity index (χ4n) is 4.25. The molecule has 10 heteroatoms. The number of nitrogens with zero attached hydrogens (tertiary/aromatic N) is 2. The molecule has 1 aliphatic rings. The van der Waals surface area contributed by atoms with Crippen LogP contribution in [0.4, 0.5) is 5.69 Å². The van der Waals surface area contributed by atoms with Crippen molar-refractivity contribution >= 4 is 55.3 Å². The molecule has 1 aliphatic heterocycles. The van der Waals surface area contributed by atoms with Crippen LogP contribution < -0.4 is 14.4 Å². The molecule has 1 N–H and O–H groups in total. The number of carboxylic acids is 1. The van der Waals surface area contributed by atoms with Gasteiger partial charge in [0, 0.05) is 24.3 Å². The minimum atomic E-state index is -1.15. The standard InChI is InChI=1S/C28H26Br2N2O6/c1-37-24-11-10-20(16-21(24)28(36)31-12-6-3-7-13-31)38-26-22(29)14-19(15-23(26)30)32(17-25(33)34)27(35)18-8-4-2-5-9-18/h2,4-5,8-11,14-16H,3,6-7,12-13,17H2,1H3,(H,33,34). The van der Waals surface area contributed by atoms with E-state index in [2.05, 4.69) is 31.9 Å². The lowest BCUT2D eigenvalue weighted by atomic mass is 10.1. The molecule has 0 saturated carbocycles. The Labute approximate surface area is 237 Å². The molecule has 198 valence electrons. The predicted molar refractivity (Wildman–Crippen MR) is 150 cm³/mol. The summed E-state index contributed by atoms with van der Waals surface area (Å²) in [7, 11) is 1.52. The Morgan fingerprint density at radius 2 is 1.61 bits per heavy atom. The van der Waals surface area contributed by atoms with Gasteiger partial charge in [-0.05, 0) is 93.6 Å². The van der Waals surface area contributed by atoms with Crippen LogP contribution in [0.5, 0.6) is 17.2 Å². The van der Waals surface area contributed by atoms with Crippen LogP contribution in [0.2, 0.25) is 0 Å². The van der Waals surface area contributed by atoms with E-state index in [9.17, 15) is 19.5 Å². The number of carbonyl (C=O) groups is 3. The van der Waals surface area contributed by atoms with E-state index < -0.39 is 18.4 Å². The van der Waals surface area contributed by atoms with E-state index >= 15 is 0 Å². The third-order valence-corrected chi connectivity index (χ3v) is 7.30. The van der Waals surface area contributed by atoms with Gasteiger partial charge in [0.05, 0.1) is 21.6 Å². The summed E-state index contributed by atoms with van der Waals surface area (Å²) in [6.45, 7) is 0.896. The molecule has 1 fully saturated rings. The number of benzene rings is 3. The molecule has 1 heterocycles. The van der Waals surface area contributed by atoms with E-state index in [1.807, 2.05) is 4.90 Å². The highest BCUT2D eigenvalue weighted by molar-refractivity contribution is 9.11. The molecule has 0 unspecified atom stereocenters. The first kappa shape index (κ1) is 27.7. The van der Waals surface area contributed by atoms with Gasteiger partial charge in [-0.2, -0.15) is 0 Å². The molecule has 3 aromatic carbocycles. The number of halogens is 2. The summed E-state index contributed by atoms with van der Waals surface area (Å²) < 4.78 is 12.5. The van der Waals surface area contributed by atoms with Gasteiger partial charge in [0.1, 0.15) is 18.0 Å². The van der Waals surface area contributed by atoms with Crippen molar-refractivity contribution in [2.45, 2.75) is 19.3 Å². The number of ether oxygens (including phenoxy) is 2. The first-order valence-electron chi connectivity index (χ1n) is 12.0. The lowest BCUT2D eigenvalue weighted by molar-refractivity contribution is -0.135. The number of methoxy groups -OCH3 is 1. The fraction of sp³-hybridized carbons (Fsp3) is 0.250. The van der Waals surface area contributed by atoms with Crippen molar-refractivity contribution in [3.8, 4) is 17.2 Å². The molecule has 0 radical (unpaired) electrons. The fourth-order valence-corrected chi connectivity index (χ4v) is 5.58. The number of piperidine rings is 1. The minimum absolute atomic E-state index is 0.107. The number of carbonyl (C=O) groups excluding carboxylic acids is 2. The van der Waals surface area contributed by atoms with Crippen molar-refractivity contribution in [3.63, 3.8) is 0 Å². The molecule has 38 heavy (non-hydrogen) atoms. The van der Waals surface area contributed by atoms with Crippen LogP contribution >= 0.6 is 31.9 Å². The molecular formula is C28H26Br2N2O6. The van der Waals surface area contributed by atoms with E-state index in [1.54, 1.807) is 60.7 Å². The first-order chi connectivity index (χ1) is 18.3. The number of carboxylic acid groups (broad SMARTS) is 1. The molecule has 0 bridgehead atoms. The van der Waals surface area contributed by atoms with Gasteiger partial charge in [-0.15, -0.1) is 0 Å².